The average molecular weight is 619 g/mol. The second-order valence-electron chi connectivity index (χ2n) is 10.7. The van der Waals surface area contributed by atoms with Crippen LogP contribution < -0.4 is 15.4 Å². The van der Waals surface area contributed by atoms with Gasteiger partial charge in [-0.15, -0.1) is 0 Å². The number of hydrogen-bond donors (Lipinski definition) is 3. The van der Waals surface area contributed by atoms with Crippen LogP contribution in [-0.2, 0) is 16.6 Å². The molecule has 11 heteroatoms. The van der Waals surface area contributed by atoms with Gasteiger partial charge in [0.05, 0.1) is 16.4 Å². The maximum absolute atomic E-state index is 14.0. The number of piperazine rings is 1. The fraction of sp³-hybridized carbons (Fsp3) is 0.219. The third-order valence-electron chi connectivity index (χ3n) is 7.71. The minimum Gasteiger partial charge on any atom is -0.504 e. The van der Waals surface area contributed by atoms with Gasteiger partial charge in [-0.25, -0.2) is 13.2 Å². The van der Waals surface area contributed by atoms with E-state index in [0.717, 1.165) is 19.4 Å². The number of rotatable bonds is 8. The fourth-order valence-electron chi connectivity index (χ4n) is 5.86. The Morgan fingerprint density at radius 3 is 2.14 bits per heavy atom. The van der Waals surface area contributed by atoms with Crippen LogP contribution >= 0.6 is 11.6 Å². The minimum absolute atomic E-state index is 0.0861. The molecule has 3 N–H and O–H groups in total. The third-order valence-corrected chi connectivity index (χ3v) is 10.2. The largest absolute Gasteiger partial charge is 0.504 e. The summed E-state index contributed by atoms with van der Waals surface area (Å²) >= 11 is 6.40. The smallest absolute Gasteiger partial charge is 0.323 e. The number of benzene rings is 4. The van der Waals surface area contributed by atoms with Gasteiger partial charge in [-0.1, -0.05) is 72.3 Å². The van der Waals surface area contributed by atoms with Crippen LogP contribution in [0.25, 0.3) is 0 Å². The number of hydrogen-bond acceptors (Lipinski definition) is 6. The number of nitrogens with zero attached hydrogens (tertiary/aromatic N) is 2. The van der Waals surface area contributed by atoms with Crippen LogP contribution in [0.4, 0.5) is 16.2 Å². The normalized spacial score (nSPS) is 18.7. The number of likely N-dealkylation sites (tertiary alicyclic amines) is 1. The number of phenols is 1. The molecule has 2 aliphatic heterocycles. The van der Waals surface area contributed by atoms with Crippen molar-refractivity contribution >= 4 is 39.0 Å². The van der Waals surface area contributed by atoms with Gasteiger partial charge in [-0.05, 0) is 54.8 Å². The van der Waals surface area contributed by atoms with Crippen LogP contribution in [0.3, 0.4) is 0 Å². The Hall–Kier alpha value is -4.09. The standard InChI is InChI=1S/C32H31ClN4O5S/c33-26-17-18-28(35-32(39)34-27-13-7-8-14-29(27)42-25-11-5-2-6-12-25)30(38)31(26)43(40,41)37-23-15-16-24(37)21-36(20-23)19-22-9-3-1-4-10-22/h1-14,17-18,23-24,38H,15-16,19-21H2,(H2,34,35,39)/t23-,24+. The Bertz CT molecular complexity index is 1710. The van der Waals surface area contributed by atoms with E-state index in [4.69, 9.17) is 16.3 Å². The number of phenolic OH excluding ortho intramolecular Hbond substituents is 1. The predicted molar refractivity (Wildman–Crippen MR) is 166 cm³/mol. The molecular weight excluding hydrogens is 588 g/mol. The molecule has 0 unspecified atom stereocenters. The first kappa shape index (κ1) is 29.0. The monoisotopic (exact) mass is 618 g/mol. The quantitative estimate of drug-likeness (QED) is 0.194. The molecule has 2 atom stereocenters. The first-order valence-electron chi connectivity index (χ1n) is 14.0. The van der Waals surface area contributed by atoms with Crippen molar-refractivity contribution in [1.29, 1.82) is 0 Å². The number of ether oxygens (including phenoxy) is 1. The van der Waals surface area contributed by atoms with Gasteiger partial charge in [0, 0.05) is 31.7 Å². The van der Waals surface area contributed by atoms with Gasteiger partial charge >= 0.3 is 6.03 Å². The summed E-state index contributed by atoms with van der Waals surface area (Å²) in [7, 11) is -4.18. The Kier molecular flexibility index (Phi) is 8.27. The molecule has 2 fully saturated rings. The van der Waals surface area contributed by atoms with Crippen molar-refractivity contribution in [2.75, 3.05) is 23.7 Å². The minimum atomic E-state index is -4.18. The van der Waals surface area contributed by atoms with Gasteiger partial charge < -0.3 is 20.5 Å². The summed E-state index contributed by atoms with van der Waals surface area (Å²) in [6.07, 6.45) is 1.44. The lowest BCUT2D eigenvalue weighted by molar-refractivity contribution is 0.123. The molecule has 222 valence electrons. The van der Waals surface area contributed by atoms with Crippen molar-refractivity contribution in [2.45, 2.75) is 36.4 Å². The molecule has 9 nitrogen and oxygen atoms in total. The van der Waals surface area contributed by atoms with Gasteiger partial charge in [-0.3, -0.25) is 4.90 Å². The van der Waals surface area contributed by atoms with Crippen molar-refractivity contribution < 1.29 is 23.1 Å². The lowest BCUT2D eigenvalue weighted by Crippen LogP contribution is -2.55. The van der Waals surface area contributed by atoms with Gasteiger partial charge in [-0.2, -0.15) is 4.31 Å². The number of nitrogens with one attached hydrogen (secondary N) is 2. The second-order valence-corrected chi connectivity index (χ2v) is 12.8. The molecule has 0 radical (unpaired) electrons. The number of carbonyl (C=O) groups is 1. The summed E-state index contributed by atoms with van der Waals surface area (Å²) in [6.45, 7) is 1.89. The van der Waals surface area contributed by atoms with E-state index in [9.17, 15) is 18.3 Å². The van der Waals surface area contributed by atoms with Gasteiger partial charge in [0.2, 0.25) is 10.0 Å². The van der Waals surface area contributed by atoms with Gasteiger partial charge in [0.1, 0.15) is 10.6 Å². The summed E-state index contributed by atoms with van der Waals surface area (Å²) in [4.78, 5) is 14.9. The second kappa shape index (κ2) is 12.3. The van der Waals surface area contributed by atoms with Crippen molar-refractivity contribution in [1.82, 2.24) is 9.21 Å². The third kappa shape index (κ3) is 6.18. The number of amides is 2. The zero-order valence-electron chi connectivity index (χ0n) is 23.2. The molecule has 43 heavy (non-hydrogen) atoms. The molecule has 2 aliphatic rings. The van der Waals surface area contributed by atoms with Crippen LogP contribution in [0.2, 0.25) is 5.02 Å². The Morgan fingerprint density at radius 1 is 0.837 bits per heavy atom. The number of halogens is 1. The molecule has 0 saturated carbocycles. The molecule has 6 rings (SSSR count). The number of para-hydroxylation sites is 3. The van der Waals surface area contributed by atoms with E-state index < -0.39 is 26.7 Å². The molecule has 4 aromatic carbocycles. The van der Waals surface area contributed by atoms with Crippen molar-refractivity contribution in [3.8, 4) is 17.2 Å². The summed E-state index contributed by atoms with van der Waals surface area (Å²) in [5.74, 6) is 0.397. The van der Waals surface area contributed by atoms with E-state index in [2.05, 4.69) is 27.7 Å². The fourth-order valence-corrected chi connectivity index (χ4v) is 8.32. The molecule has 2 heterocycles. The van der Waals surface area contributed by atoms with Crippen LogP contribution in [-0.4, -0.2) is 53.9 Å². The molecule has 4 aromatic rings. The number of carbonyl (C=O) groups excluding carboxylic acids is 1. The zero-order chi connectivity index (χ0) is 30.0. The molecule has 0 spiro atoms. The van der Waals surface area contributed by atoms with Crippen molar-refractivity contribution in [3.05, 3.63) is 108 Å². The van der Waals surface area contributed by atoms with Crippen LogP contribution in [0.5, 0.6) is 17.2 Å². The van der Waals surface area contributed by atoms with E-state index in [1.54, 1.807) is 36.4 Å². The highest BCUT2D eigenvalue weighted by molar-refractivity contribution is 7.89. The Balaban J connectivity index is 1.19. The highest BCUT2D eigenvalue weighted by Crippen LogP contribution is 2.43. The number of sulfonamides is 1. The first-order valence-corrected chi connectivity index (χ1v) is 15.8. The Labute approximate surface area is 255 Å². The molecule has 2 amide bonds. The molecular formula is C32H31ClN4O5S. The number of aromatic hydroxyl groups is 1. The summed E-state index contributed by atoms with van der Waals surface area (Å²) in [5.41, 5.74) is 1.47. The summed E-state index contributed by atoms with van der Waals surface area (Å²) in [5, 5.41) is 16.3. The average Bonchev–Trinajstić information content (AvgIpc) is 3.28. The molecule has 0 aromatic heterocycles. The van der Waals surface area contributed by atoms with E-state index in [1.165, 1.54) is 22.0 Å². The van der Waals surface area contributed by atoms with Crippen LogP contribution in [0.1, 0.15) is 18.4 Å². The molecule has 2 saturated heterocycles. The number of urea groups is 1. The SMILES string of the molecule is O=C(Nc1ccccc1Oc1ccccc1)Nc1ccc(Cl)c(S(=O)(=O)N2[C@@H]3CC[C@H]2CN(Cc2ccccc2)C3)c1O. The van der Waals surface area contributed by atoms with E-state index in [-0.39, 0.29) is 22.8 Å². The predicted octanol–water partition coefficient (Wildman–Crippen LogP) is 6.52. The zero-order valence-corrected chi connectivity index (χ0v) is 24.8. The highest BCUT2D eigenvalue weighted by atomic mass is 35.5. The number of anilines is 2. The van der Waals surface area contributed by atoms with Gasteiger partial charge in [0.15, 0.2) is 11.5 Å². The first-order chi connectivity index (χ1) is 20.8. The van der Waals surface area contributed by atoms with Crippen molar-refractivity contribution in [2.24, 2.45) is 0 Å². The van der Waals surface area contributed by atoms with E-state index in [0.29, 0.717) is 30.3 Å². The summed E-state index contributed by atoms with van der Waals surface area (Å²) in [6, 6.07) is 27.7. The van der Waals surface area contributed by atoms with Crippen molar-refractivity contribution in [3.63, 3.8) is 0 Å². The van der Waals surface area contributed by atoms with Crippen LogP contribution in [0.15, 0.2) is 102 Å². The highest BCUT2D eigenvalue weighted by Gasteiger charge is 2.48. The Morgan fingerprint density at radius 2 is 1.44 bits per heavy atom. The van der Waals surface area contributed by atoms with Crippen LogP contribution in [0, 0.1) is 0 Å². The maximum Gasteiger partial charge on any atom is 0.323 e. The van der Waals surface area contributed by atoms with E-state index >= 15 is 0 Å². The topological polar surface area (TPSA) is 111 Å². The lowest BCUT2D eigenvalue weighted by Gasteiger charge is -2.40. The van der Waals surface area contributed by atoms with E-state index in [1.807, 2.05) is 36.4 Å². The molecule has 2 bridgehead atoms. The lowest BCUT2D eigenvalue weighted by atomic mass is 10.1. The van der Waals surface area contributed by atoms with Gasteiger partial charge in [0.25, 0.3) is 0 Å². The number of fused-ring (bicyclic) bond motifs is 2. The molecule has 0 aliphatic carbocycles. The maximum atomic E-state index is 14.0. The summed E-state index contributed by atoms with van der Waals surface area (Å²) < 4.78 is 35.4.